The van der Waals surface area contributed by atoms with Crippen molar-refractivity contribution in [2.75, 3.05) is 0 Å². The molecular weight excluding hydrogens is 528 g/mol. The normalized spacial score (nSPS) is 11.2. The fourth-order valence-corrected chi connectivity index (χ4v) is 6.66. The molecule has 0 saturated carbocycles. The Morgan fingerprint density at radius 1 is 0.205 bits per heavy atom. The van der Waals surface area contributed by atoms with Crippen molar-refractivity contribution in [1.82, 2.24) is 0 Å². The van der Waals surface area contributed by atoms with Crippen LogP contribution in [0.1, 0.15) is 0 Å². The lowest BCUT2D eigenvalue weighted by Crippen LogP contribution is -1.92. The van der Waals surface area contributed by atoms with Crippen LogP contribution in [0.5, 0.6) is 0 Å². The minimum Gasteiger partial charge on any atom is -0.0622 e. The monoisotopic (exact) mass is 558 g/mol. The van der Waals surface area contributed by atoms with Gasteiger partial charge in [-0.3, -0.25) is 0 Å². The number of hydrogen-bond donors (Lipinski definition) is 0. The maximum absolute atomic E-state index is 2.40. The Bertz CT molecular complexity index is 2190. The van der Waals surface area contributed by atoms with Gasteiger partial charge in [0.05, 0.1) is 0 Å². The van der Waals surface area contributed by atoms with Crippen molar-refractivity contribution in [1.29, 1.82) is 0 Å². The highest BCUT2D eigenvalue weighted by molar-refractivity contribution is 6.21. The Morgan fingerprint density at radius 2 is 0.636 bits per heavy atom. The van der Waals surface area contributed by atoms with Gasteiger partial charge in [-0.2, -0.15) is 0 Å². The third-order valence-electron chi connectivity index (χ3n) is 8.67. The van der Waals surface area contributed by atoms with Crippen molar-refractivity contribution in [2.24, 2.45) is 0 Å². The third kappa shape index (κ3) is 4.58. The van der Waals surface area contributed by atoms with Crippen molar-refractivity contribution < 1.29 is 0 Å². The van der Waals surface area contributed by atoms with Gasteiger partial charge < -0.3 is 0 Å². The molecule has 0 aromatic heterocycles. The van der Waals surface area contributed by atoms with Gasteiger partial charge in [-0.1, -0.05) is 170 Å². The zero-order valence-corrected chi connectivity index (χ0v) is 24.3. The van der Waals surface area contributed by atoms with Gasteiger partial charge in [-0.05, 0) is 89.3 Å². The first-order valence-electron chi connectivity index (χ1n) is 15.2. The molecule has 0 nitrogen and oxygen atoms in total. The zero-order chi connectivity index (χ0) is 29.3. The molecule has 8 aromatic rings. The lowest BCUT2D eigenvalue weighted by molar-refractivity contribution is 1.56. The molecule has 8 rings (SSSR count). The minimum atomic E-state index is 1.21. The first-order chi connectivity index (χ1) is 21.8. The summed E-state index contributed by atoms with van der Waals surface area (Å²) in [5, 5.41) is 5.08. The van der Waals surface area contributed by atoms with Crippen LogP contribution in [0.15, 0.2) is 182 Å². The summed E-state index contributed by atoms with van der Waals surface area (Å²) in [5.74, 6) is 0. The smallest absolute Gasteiger partial charge is 0.00261 e. The van der Waals surface area contributed by atoms with E-state index in [9.17, 15) is 0 Å². The molecule has 0 radical (unpaired) electrons. The van der Waals surface area contributed by atoms with E-state index in [1.165, 1.54) is 77.2 Å². The second-order valence-electron chi connectivity index (χ2n) is 11.3. The zero-order valence-electron chi connectivity index (χ0n) is 24.3. The van der Waals surface area contributed by atoms with Gasteiger partial charge in [0, 0.05) is 0 Å². The Labute approximate surface area is 258 Å². The van der Waals surface area contributed by atoms with Crippen LogP contribution in [-0.2, 0) is 0 Å². The number of rotatable bonds is 5. The van der Waals surface area contributed by atoms with Gasteiger partial charge in [-0.25, -0.2) is 0 Å². The van der Waals surface area contributed by atoms with Crippen molar-refractivity contribution >= 4 is 21.5 Å². The van der Waals surface area contributed by atoms with Crippen LogP contribution in [0.25, 0.3) is 77.2 Å². The van der Waals surface area contributed by atoms with Gasteiger partial charge in [0.1, 0.15) is 0 Å². The van der Waals surface area contributed by atoms with E-state index in [-0.39, 0.29) is 0 Å². The van der Waals surface area contributed by atoms with Crippen LogP contribution in [-0.4, -0.2) is 0 Å². The van der Waals surface area contributed by atoms with Gasteiger partial charge in [-0.15, -0.1) is 0 Å². The molecule has 0 heteroatoms. The van der Waals surface area contributed by atoms with Crippen LogP contribution < -0.4 is 0 Å². The van der Waals surface area contributed by atoms with E-state index in [0.29, 0.717) is 0 Å². The summed E-state index contributed by atoms with van der Waals surface area (Å²) < 4.78 is 0. The third-order valence-corrected chi connectivity index (χ3v) is 8.67. The van der Waals surface area contributed by atoms with E-state index in [2.05, 4.69) is 182 Å². The maximum Gasteiger partial charge on any atom is -0.00261 e. The number of hydrogen-bond acceptors (Lipinski definition) is 0. The molecule has 0 aliphatic heterocycles. The summed E-state index contributed by atoms with van der Waals surface area (Å²) in [6, 6.07) is 65.9. The molecule has 0 unspecified atom stereocenters. The molecular formula is C44H30. The summed E-state index contributed by atoms with van der Waals surface area (Å²) in [6.45, 7) is 0. The summed E-state index contributed by atoms with van der Waals surface area (Å²) in [4.78, 5) is 0. The van der Waals surface area contributed by atoms with E-state index in [1.807, 2.05) is 0 Å². The summed E-state index contributed by atoms with van der Waals surface area (Å²) in [7, 11) is 0. The standard InChI is InChI=1S/C44H30/c1-4-15-31(16-5-1)34-21-14-22-35(29-34)37-28-27-36(30-42(37)32-17-6-2-7-18-32)44-40-25-12-10-23-38(40)43(33-19-8-3-9-20-33)39-24-11-13-26-41(39)44/h1-30H. The van der Waals surface area contributed by atoms with E-state index in [0.717, 1.165) is 0 Å². The van der Waals surface area contributed by atoms with Gasteiger partial charge in [0.25, 0.3) is 0 Å². The second-order valence-corrected chi connectivity index (χ2v) is 11.3. The van der Waals surface area contributed by atoms with E-state index in [1.54, 1.807) is 0 Å². The van der Waals surface area contributed by atoms with Gasteiger partial charge >= 0.3 is 0 Å². The Balaban J connectivity index is 1.39. The quantitative estimate of drug-likeness (QED) is 0.184. The van der Waals surface area contributed by atoms with E-state index < -0.39 is 0 Å². The SMILES string of the molecule is c1ccc(-c2cccc(-c3ccc(-c4c5ccccc5c(-c5ccccc5)c5ccccc45)cc3-c3ccccc3)c2)cc1. The lowest BCUT2D eigenvalue weighted by atomic mass is 9.84. The predicted octanol–water partition coefficient (Wildman–Crippen LogP) is 12.3. The molecule has 44 heavy (non-hydrogen) atoms. The highest BCUT2D eigenvalue weighted by Crippen LogP contribution is 2.45. The molecule has 0 saturated heterocycles. The average Bonchev–Trinajstić information content (AvgIpc) is 3.11. The predicted molar refractivity (Wildman–Crippen MR) is 189 cm³/mol. The summed E-state index contributed by atoms with van der Waals surface area (Å²) in [5.41, 5.74) is 12.4. The molecule has 206 valence electrons. The second kappa shape index (κ2) is 11.2. The fraction of sp³-hybridized carbons (Fsp3) is 0. The number of benzene rings is 8. The topological polar surface area (TPSA) is 0 Å². The molecule has 0 amide bonds. The minimum absolute atomic E-state index is 1.21. The lowest BCUT2D eigenvalue weighted by Gasteiger charge is -2.19. The van der Waals surface area contributed by atoms with E-state index >= 15 is 0 Å². The van der Waals surface area contributed by atoms with Crippen LogP contribution in [0, 0.1) is 0 Å². The average molecular weight is 559 g/mol. The molecule has 0 heterocycles. The maximum atomic E-state index is 2.40. The molecule has 0 N–H and O–H groups in total. The Morgan fingerprint density at radius 3 is 1.20 bits per heavy atom. The number of fused-ring (bicyclic) bond motifs is 2. The molecule has 0 bridgehead atoms. The first-order valence-corrected chi connectivity index (χ1v) is 15.2. The molecule has 0 spiro atoms. The first kappa shape index (κ1) is 25.9. The van der Waals surface area contributed by atoms with Crippen LogP contribution in [0.3, 0.4) is 0 Å². The van der Waals surface area contributed by atoms with Crippen molar-refractivity contribution in [3.63, 3.8) is 0 Å². The fourth-order valence-electron chi connectivity index (χ4n) is 6.66. The Kier molecular flexibility index (Phi) is 6.59. The van der Waals surface area contributed by atoms with Crippen LogP contribution in [0.2, 0.25) is 0 Å². The Hall–Kier alpha value is -5.72. The van der Waals surface area contributed by atoms with Crippen molar-refractivity contribution in [2.45, 2.75) is 0 Å². The van der Waals surface area contributed by atoms with Crippen molar-refractivity contribution in [3.05, 3.63) is 182 Å². The molecule has 0 aliphatic rings. The molecule has 0 fully saturated rings. The summed E-state index contributed by atoms with van der Waals surface area (Å²) >= 11 is 0. The van der Waals surface area contributed by atoms with Crippen LogP contribution >= 0.6 is 0 Å². The highest BCUT2D eigenvalue weighted by atomic mass is 14.2. The van der Waals surface area contributed by atoms with Gasteiger partial charge in [0.15, 0.2) is 0 Å². The largest absolute Gasteiger partial charge is 0.0622 e. The molecule has 8 aromatic carbocycles. The highest BCUT2D eigenvalue weighted by Gasteiger charge is 2.18. The van der Waals surface area contributed by atoms with E-state index in [4.69, 9.17) is 0 Å². The summed E-state index contributed by atoms with van der Waals surface area (Å²) in [6.07, 6.45) is 0. The van der Waals surface area contributed by atoms with Gasteiger partial charge in [0.2, 0.25) is 0 Å². The molecule has 0 aliphatic carbocycles. The van der Waals surface area contributed by atoms with Crippen molar-refractivity contribution in [3.8, 4) is 55.6 Å². The van der Waals surface area contributed by atoms with Crippen LogP contribution in [0.4, 0.5) is 0 Å². The molecule has 0 atom stereocenters.